The second-order valence-electron chi connectivity index (χ2n) is 4.10. The van der Waals surface area contributed by atoms with Gasteiger partial charge >= 0.3 is 5.97 Å². The summed E-state index contributed by atoms with van der Waals surface area (Å²) < 4.78 is 5.05. The third-order valence-electron chi connectivity index (χ3n) is 2.86. The lowest BCUT2D eigenvalue weighted by molar-refractivity contribution is -0.145. The van der Waals surface area contributed by atoms with Gasteiger partial charge in [0.2, 0.25) is 0 Å². The minimum absolute atomic E-state index is 0.263. The van der Waals surface area contributed by atoms with Gasteiger partial charge in [-0.15, -0.1) is 0 Å². The van der Waals surface area contributed by atoms with Gasteiger partial charge in [-0.05, 0) is 25.5 Å². The Morgan fingerprint density at radius 2 is 1.89 bits per heavy atom. The number of ether oxygens (including phenoxy) is 1. The molecule has 0 bridgehead atoms. The molecule has 0 aliphatic carbocycles. The van der Waals surface area contributed by atoms with Crippen molar-refractivity contribution in [1.29, 1.82) is 0 Å². The first-order chi connectivity index (χ1) is 9.17. The van der Waals surface area contributed by atoms with Crippen molar-refractivity contribution in [1.82, 2.24) is 9.97 Å². The quantitative estimate of drug-likeness (QED) is 0.805. The lowest BCUT2D eigenvalue weighted by Gasteiger charge is -2.14. The van der Waals surface area contributed by atoms with Crippen molar-refractivity contribution in [3.05, 3.63) is 35.1 Å². The van der Waals surface area contributed by atoms with Crippen molar-refractivity contribution in [3.63, 3.8) is 0 Å². The third-order valence-corrected chi connectivity index (χ3v) is 3.14. The number of fused-ring (bicyclic) bond motifs is 1. The Hall–Kier alpha value is -1.68. The maximum Gasteiger partial charge on any atom is 0.315 e. The second-order valence-corrected chi connectivity index (χ2v) is 4.46. The molecule has 0 fully saturated rings. The highest BCUT2D eigenvalue weighted by Crippen LogP contribution is 2.27. The molecule has 1 aromatic heterocycles. The van der Waals surface area contributed by atoms with E-state index in [-0.39, 0.29) is 11.1 Å². The molecule has 0 spiro atoms. The van der Waals surface area contributed by atoms with Crippen LogP contribution in [-0.4, -0.2) is 22.5 Å². The molecule has 5 heteroatoms. The molecule has 0 aliphatic heterocycles. The molecule has 2 aromatic rings. The van der Waals surface area contributed by atoms with Gasteiger partial charge in [-0.25, -0.2) is 9.97 Å². The van der Waals surface area contributed by atoms with Crippen LogP contribution in [0.5, 0.6) is 0 Å². The first-order valence-corrected chi connectivity index (χ1v) is 6.64. The number of hydrogen-bond donors (Lipinski definition) is 0. The predicted molar refractivity (Wildman–Crippen MR) is 74.2 cm³/mol. The minimum Gasteiger partial charge on any atom is -0.465 e. The molecule has 19 heavy (non-hydrogen) atoms. The molecule has 1 aromatic carbocycles. The summed E-state index contributed by atoms with van der Waals surface area (Å²) in [4.78, 5) is 20.7. The molecule has 0 aliphatic rings. The number of carbonyl (C=O) groups excluding carboxylic acids is 1. The summed E-state index contributed by atoms with van der Waals surface area (Å²) in [5, 5.41) is 0.263. The van der Waals surface area contributed by atoms with Gasteiger partial charge < -0.3 is 4.74 Å². The fraction of sp³-hybridized carbons (Fsp3) is 0.357. The standard InChI is InChI=1S/C14H15ClN2O2/c1-3-9(14(18)19-4-2)12-13(15)17-11-8-6-5-7-10(11)16-12/h5-9H,3-4H2,1-2H3. The Balaban J connectivity index is 2.47. The normalized spacial score (nSPS) is 12.4. The average molecular weight is 279 g/mol. The van der Waals surface area contributed by atoms with Crippen molar-refractivity contribution >= 4 is 28.6 Å². The molecule has 1 atom stereocenters. The summed E-state index contributed by atoms with van der Waals surface area (Å²) in [6.45, 7) is 4.01. The van der Waals surface area contributed by atoms with Crippen molar-refractivity contribution in [2.24, 2.45) is 0 Å². The Kier molecular flexibility index (Phi) is 4.32. The lowest BCUT2D eigenvalue weighted by Crippen LogP contribution is -2.17. The summed E-state index contributed by atoms with van der Waals surface area (Å²) in [5.74, 6) is -0.777. The van der Waals surface area contributed by atoms with Crippen LogP contribution in [0.25, 0.3) is 11.0 Å². The monoisotopic (exact) mass is 278 g/mol. The average Bonchev–Trinajstić information content (AvgIpc) is 2.40. The molecule has 0 radical (unpaired) electrons. The van der Waals surface area contributed by atoms with Gasteiger partial charge in [-0.1, -0.05) is 30.7 Å². The molecule has 0 amide bonds. The van der Waals surface area contributed by atoms with Crippen LogP contribution in [0.1, 0.15) is 31.9 Å². The van der Waals surface area contributed by atoms with Gasteiger partial charge in [0, 0.05) is 0 Å². The van der Waals surface area contributed by atoms with E-state index in [0.717, 1.165) is 11.0 Å². The summed E-state index contributed by atoms with van der Waals surface area (Å²) in [6, 6.07) is 7.43. The van der Waals surface area contributed by atoms with E-state index < -0.39 is 5.92 Å². The van der Waals surface area contributed by atoms with Crippen LogP contribution in [0.15, 0.2) is 24.3 Å². The SMILES string of the molecule is CCOC(=O)C(CC)c1nc2ccccc2nc1Cl. The van der Waals surface area contributed by atoms with Crippen LogP contribution in [0.4, 0.5) is 0 Å². The topological polar surface area (TPSA) is 52.1 Å². The Bertz CT molecular complexity index is 601. The molecule has 1 heterocycles. The Morgan fingerprint density at radius 1 is 1.26 bits per heavy atom. The van der Waals surface area contributed by atoms with E-state index in [4.69, 9.17) is 16.3 Å². The van der Waals surface area contributed by atoms with Gasteiger partial charge in [0.15, 0.2) is 5.15 Å². The van der Waals surface area contributed by atoms with E-state index in [2.05, 4.69) is 9.97 Å². The number of rotatable bonds is 4. The van der Waals surface area contributed by atoms with Gasteiger partial charge in [0.1, 0.15) is 5.92 Å². The predicted octanol–water partition coefficient (Wildman–Crippen LogP) is 3.34. The maximum absolute atomic E-state index is 11.9. The third kappa shape index (κ3) is 2.84. The zero-order chi connectivity index (χ0) is 13.8. The van der Waals surface area contributed by atoms with E-state index in [0.29, 0.717) is 18.7 Å². The summed E-state index contributed by atoms with van der Waals surface area (Å²) >= 11 is 6.14. The van der Waals surface area contributed by atoms with Crippen molar-refractivity contribution in [3.8, 4) is 0 Å². The number of carbonyl (C=O) groups is 1. The number of aromatic nitrogens is 2. The fourth-order valence-electron chi connectivity index (χ4n) is 1.93. The van der Waals surface area contributed by atoms with Crippen LogP contribution < -0.4 is 0 Å². The number of halogens is 1. The highest BCUT2D eigenvalue weighted by atomic mass is 35.5. The number of benzene rings is 1. The van der Waals surface area contributed by atoms with Gasteiger partial charge in [-0.2, -0.15) is 0 Å². The van der Waals surface area contributed by atoms with Gasteiger partial charge in [-0.3, -0.25) is 4.79 Å². The number of para-hydroxylation sites is 2. The lowest BCUT2D eigenvalue weighted by atomic mass is 10.0. The van der Waals surface area contributed by atoms with E-state index >= 15 is 0 Å². The summed E-state index contributed by atoms with van der Waals surface area (Å²) in [7, 11) is 0. The molecule has 0 saturated carbocycles. The summed E-state index contributed by atoms with van der Waals surface area (Å²) in [6.07, 6.45) is 0.575. The van der Waals surface area contributed by atoms with Crippen LogP contribution >= 0.6 is 11.6 Å². The smallest absolute Gasteiger partial charge is 0.315 e. The maximum atomic E-state index is 11.9. The summed E-state index contributed by atoms with van der Waals surface area (Å²) in [5.41, 5.74) is 1.93. The highest BCUT2D eigenvalue weighted by Gasteiger charge is 2.25. The van der Waals surface area contributed by atoms with Gasteiger partial charge in [0.05, 0.1) is 23.3 Å². The number of nitrogens with zero attached hydrogens (tertiary/aromatic N) is 2. The van der Waals surface area contributed by atoms with Crippen molar-refractivity contribution in [2.45, 2.75) is 26.2 Å². The van der Waals surface area contributed by atoms with E-state index in [1.165, 1.54) is 0 Å². The van der Waals surface area contributed by atoms with Gasteiger partial charge in [0.25, 0.3) is 0 Å². The molecular formula is C14H15ClN2O2. The molecule has 2 rings (SSSR count). The van der Waals surface area contributed by atoms with Crippen molar-refractivity contribution < 1.29 is 9.53 Å². The van der Waals surface area contributed by atoms with Crippen molar-refractivity contribution in [2.75, 3.05) is 6.61 Å². The van der Waals surface area contributed by atoms with E-state index in [1.54, 1.807) is 6.92 Å². The first-order valence-electron chi connectivity index (χ1n) is 6.26. The molecule has 100 valence electrons. The Labute approximate surface area is 116 Å². The van der Waals surface area contributed by atoms with Crippen LogP contribution in [-0.2, 0) is 9.53 Å². The molecule has 4 nitrogen and oxygen atoms in total. The largest absolute Gasteiger partial charge is 0.465 e. The molecule has 0 N–H and O–H groups in total. The number of esters is 1. The highest BCUT2D eigenvalue weighted by molar-refractivity contribution is 6.30. The molecular weight excluding hydrogens is 264 g/mol. The van der Waals surface area contributed by atoms with Crippen LogP contribution in [0, 0.1) is 0 Å². The zero-order valence-corrected chi connectivity index (χ0v) is 11.6. The zero-order valence-electron chi connectivity index (χ0n) is 10.9. The fourth-order valence-corrected chi connectivity index (χ4v) is 2.19. The molecule has 0 saturated heterocycles. The van der Waals surface area contributed by atoms with Crippen LogP contribution in [0.3, 0.4) is 0 Å². The molecule has 1 unspecified atom stereocenters. The second kappa shape index (κ2) is 5.97. The number of hydrogen-bond acceptors (Lipinski definition) is 4. The van der Waals surface area contributed by atoms with E-state index in [1.807, 2.05) is 31.2 Å². The van der Waals surface area contributed by atoms with Crippen LogP contribution in [0.2, 0.25) is 5.15 Å². The van der Waals surface area contributed by atoms with E-state index in [9.17, 15) is 4.79 Å². The minimum atomic E-state index is -0.468. The Morgan fingerprint density at radius 3 is 2.47 bits per heavy atom. The first kappa shape index (κ1) is 13.7.